The van der Waals surface area contributed by atoms with Gasteiger partial charge in [-0.05, 0) is 38.0 Å². The lowest BCUT2D eigenvalue weighted by molar-refractivity contribution is -0.132. The van der Waals surface area contributed by atoms with Gasteiger partial charge >= 0.3 is 0 Å². The van der Waals surface area contributed by atoms with Crippen LogP contribution in [0.3, 0.4) is 0 Å². The van der Waals surface area contributed by atoms with E-state index in [9.17, 15) is 4.79 Å². The number of halogens is 1. The van der Waals surface area contributed by atoms with E-state index in [1.165, 1.54) is 0 Å². The Bertz CT molecular complexity index is 473. The van der Waals surface area contributed by atoms with Crippen LogP contribution >= 0.6 is 15.9 Å². The summed E-state index contributed by atoms with van der Waals surface area (Å²) in [7, 11) is 1.83. The Balaban J connectivity index is 2.00. The lowest BCUT2D eigenvalue weighted by atomic mass is 10.1. The number of ether oxygens (including phenoxy) is 1. The van der Waals surface area contributed by atoms with E-state index in [4.69, 9.17) is 10.5 Å². The quantitative estimate of drug-likeness (QED) is 0.904. The van der Waals surface area contributed by atoms with Crippen LogP contribution in [0.15, 0.2) is 22.7 Å². The molecule has 0 saturated heterocycles. The van der Waals surface area contributed by atoms with Gasteiger partial charge in [0.25, 0.3) is 5.91 Å². The van der Waals surface area contributed by atoms with Gasteiger partial charge in [-0.25, -0.2) is 0 Å². The van der Waals surface area contributed by atoms with Crippen LogP contribution in [-0.2, 0) is 4.79 Å². The fraction of sp³-hybridized carbons (Fsp3) is 0.500. The minimum Gasteiger partial charge on any atom is -0.483 e. The fourth-order valence-corrected chi connectivity index (χ4v) is 2.29. The minimum atomic E-state index is -0.135. The number of benzene rings is 1. The zero-order valence-electron chi connectivity index (χ0n) is 11.2. The Morgan fingerprint density at radius 3 is 2.84 bits per heavy atom. The first kappa shape index (κ1) is 14.3. The standard InChI is InChI=1S/C14H19BrN2O2/c1-9(16)12-7-10(15)3-6-13(12)19-8-14(18)17(2)11-4-5-11/h3,6-7,9,11H,4-5,8,16H2,1-2H3/t9-/m0/s1. The Hall–Kier alpha value is -1.07. The molecular weight excluding hydrogens is 308 g/mol. The molecule has 4 nitrogen and oxygen atoms in total. The van der Waals surface area contributed by atoms with Crippen LogP contribution < -0.4 is 10.5 Å². The average molecular weight is 327 g/mol. The number of carbonyl (C=O) groups is 1. The van der Waals surface area contributed by atoms with Gasteiger partial charge in [0, 0.05) is 29.2 Å². The van der Waals surface area contributed by atoms with Gasteiger partial charge in [0.05, 0.1) is 0 Å². The third kappa shape index (κ3) is 3.70. The van der Waals surface area contributed by atoms with Gasteiger partial charge in [0.2, 0.25) is 0 Å². The molecule has 2 N–H and O–H groups in total. The highest BCUT2D eigenvalue weighted by atomic mass is 79.9. The number of amides is 1. The number of carbonyl (C=O) groups excluding carboxylic acids is 1. The van der Waals surface area contributed by atoms with E-state index in [1.54, 1.807) is 4.90 Å². The summed E-state index contributed by atoms with van der Waals surface area (Å²) < 4.78 is 6.57. The lowest BCUT2D eigenvalue weighted by Gasteiger charge is -2.18. The molecule has 0 unspecified atom stereocenters. The maximum atomic E-state index is 11.9. The zero-order valence-corrected chi connectivity index (χ0v) is 12.8. The van der Waals surface area contributed by atoms with Crippen LogP contribution in [0.5, 0.6) is 5.75 Å². The van der Waals surface area contributed by atoms with E-state index in [1.807, 2.05) is 32.2 Å². The molecule has 0 bridgehead atoms. The number of nitrogens with zero attached hydrogens (tertiary/aromatic N) is 1. The molecule has 1 amide bonds. The number of hydrogen-bond donors (Lipinski definition) is 1. The third-order valence-electron chi connectivity index (χ3n) is 3.30. The first-order valence-electron chi connectivity index (χ1n) is 6.42. The van der Waals surface area contributed by atoms with Gasteiger partial charge in [-0.3, -0.25) is 4.79 Å². The second-order valence-electron chi connectivity index (χ2n) is 5.00. The molecule has 0 aliphatic heterocycles. The van der Waals surface area contributed by atoms with Crippen LogP contribution in [0.2, 0.25) is 0 Å². The van der Waals surface area contributed by atoms with E-state index in [0.29, 0.717) is 11.8 Å². The summed E-state index contributed by atoms with van der Waals surface area (Å²) in [6.45, 7) is 1.96. The monoisotopic (exact) mass is 326 g/mol. The number of nitrogens with two attached hydrogens (primary N) is 1. The van der Waals surface area contributed by atoms with E-state index in [-0.39, 0.29) is 18.6 Å². The van der Waals surface area contributed by atoms with Crippen molar-refractivity contribution >= 4 is 21.8 Å². The van der Waals surface area contributed by atoms with E-state index in [2.05, 4.69) is 15.9 Å². The SMILES string of the molecule is C[C@H](N)c1cc(Br)ccc1OCC(=O)N(C)C1CC1. The van der Waals surface area contributed by atoms with Crippen LogP contribution in [0.25, 0.3) is 0 Å². The van der Waals surface area contributed by atoms with E-state index >= 15 is 0 Å². The van der Waals surface area contributed by atoms with Crippen molar-refractivity contribution in [3.05, 3.63) is 28.2 Å². The largest absolute Gasteiger partial charge is 0.483 e. The fourth-order valence-electron chi connectivity index (χ4n) is 1.91. The molecule has 1 atom stereocenters. The lowest BCUT2D eigenvalue weighted by Crippen LogP contribution is -2.33. The number of hydrogen-bond acceptors (Lipinski definition) is 3. The van der Waals surface area contributed by atoms with Crippen molar-refractivity contribution in [1.82, 2.24) is 4.90 Å². The second kappa shape index (κ2) is 5.92. The predicted octanol–water partition coefficient (Wildman–Crippen LogP) is 2.47. The summed E-state index contributed by atoms with van der Waals surface area (Å²) >= 11 is 3.41. The zero-order chi connectivity index (χ0) is 14.0. The van der Waals surface area contributed by atoms with Crippen LogP contribution in [0, 0.1) is 0 Å². The number of likely N-dealkylation sites (N-methyl/N-ethyl adjacent to an activating group) is 1. The molecule has 2 rings (SSSR count). The predicted molar refractivity (Wildman–Crippen MR) is 78.0 cm³/mol. The average Bonchev–Trinajstić information content (AvgIpc) is 3.20. The third-order valence-corrected chi connectivity index (χ3v) is 3.79. The van der Waals surface area contributed by atoms with Crippen molar-refractivity contribution in [2.75, 3.05) is 13.7 Å². The maximum absolute atomic E-state index is 11.9. The van der Waals surface area contributed by atoms with Crippen molar-refractivity contribution in [2.24, 2.45) is 5.73 Å². The summed E-state index contributed by atoms with van der Waals surface area (Å²) in [5.41, 5.74) is 6.81. The minimum absolute atomic E-state index is 0.0149. The molecule has 0 heterocycles. The molecule has 1 aromatic carbocycles. The smallest absolute Gasteiger partial charge is 0.260 e. The first-order valence-corrected chi connectivity index (χ1v) is 7.22. The van der Waals surface area contributed by atoms with Crippen LogP contribution in [-0.4, -0.2) is 30.5 Å². The summed E-state index contributed by atoms with van der Waals surface area (Å²) in [5.74, 6) is 0.691. The van der Waals surface area contributed by atoms with Crippen molar-refractivity contribution in [2.45, 2.75) is 31.8 Å². The molecule has 0 spiro atoms. The number of rotatable bonds is 5. The van der Waals surface area contributed by atoms with Gasteiger partial charge in [0.1, 0.15) is 5.75 Å². The van der Waals surface area contributed by atoms with E-state index in [0.717, 1.165) is 22.9 Å². The van der Waals surface area contributed by atoms with Gasteiger partial charge in [-0.2, -0.15) is 0 Å². The molecule has 1 saturated carbocycles. The first-order chi connectivity index (χ1) is 8.99. The summed E-state index contributed by atoms with van der Waals surface area (Å²) in [5, 5.41) is 0. The summed E-state index contributed by atoms with van der Waals surface area (Å²) in [6.07, 6.45) is 2.21. The van der Waals surface area contributed by atoms with Gasteiger partial charge in [-0.1, -0.05) is 15.9 Å². The van der Waals surface area contributed by atoms with Crippen molar-refractivity contribution in [1.29, 1.82) is 0 Å². The Kier molecular flexibility index (Phi) is 4.47. The van der Waals surface area contributed by atoms with Crippen molar-refractivity contribution in [3.63, 3.8) is 0 Å². The summed E-state index contributed by atoms with van der Waals surface area (Å²) in [6, 6.07) is 5.93. The van der Waals surface area contributed by atoms with Crippen molar-refractivity contribution < 1.29 is 9.53 Å². The highest BCUT2D eigenvalue weighted by Gasteiger charge is 2.29. The Morgan fingerprint density at radius 2 is 2.26 bits per heavy atom. The molecular formula is C14H19BrN2O2. The van der Waals surface area contributed by atoms with Gasteiger partial charge in [0.15, 0.2) is 6.61 Å². The highest BCUT2D eigenvalue weighted by molar-refractivity contribution is 9.10. The van der Waals surface area contributed by atoms with Gasteiger partial charge in [-0.15, -0.1) is 0 Å². The van der Waals surface area contributed by atoms with Gasteiger partial charge < -0.3 is 15.4 Å². The van der Waals surface area contributed by atoms with Crippen molar-refractivity contribution in [3.8, 4) is 5.75 Å². The molecule has 104 valence electrons. The molecule has 1 fully saturated rings. The summed E-state index contributed by atoms with van der Waals surface area (Å²) in [4.78, 5) is 13.7. The Morgan fingerprint density at radius 1 is 1.58 bits per heavy atom. The molecule has 0 radical (unpaired) electrons. The molecule has 19 heavy (non-hydrogen) atoms. The molecule has 5 heteroatoms. The molecule has 0 aromatic heterocycles. The highest BCUT2D eigenvalue weighted by Crippen LogP contribution is 2.28. The maximum Gasteiger partial charge on any atom is 0.260 e. The van der Waals surface area contributed by atoms with Crippen LogP contribution in [0.1, 0.15) is 31.4 Å². The topological polar surface area (TPSA) is 55.6 Å². The normalized spacial score (nSPS) is 16.0. The molecule has 1 aliphatic carbocycles. The Labute approximate surface area is 122 Å². The van der Waals surface area contributed by atoms with E-state index < -0.39 is 0 Å². The molecule has 1 aromatic rings. The molecule has 1 aliphatic rings. The second-order valence-corrected chi connectivity index (χ2v) is 5.91. The van der Waals surface area contributed by atoms with Crippen LogP contribution in [0.4, 0.5) is 0 Å².